The molecule has 2 heterocycles. The molecule has 1 aromatic heterocycles. The Hall–Kier alpha value is -2.80. The monoisotopic (exact) mass is 347 g/mol. The predicted molar refractivity (Wildman–Crippen MR) is 105 cm³/mol. The van der Waals surface area contributed by atoms with E-state index in [1.165, 1.54) is 6.42 Å². The molecule has 2 aromatic rings. The summed E-state index contributed by atoms with van der Waals surface area (Å²) in [5.74, 6) is 6.62. The van der Waals surface area contributed by atoms with Gasteiger partial charge in [0.25, 0.3) is 0 Å². The Kier molecular flexibility index (Phi) is 5.91. The molecule has 1 aromatic carbocycles. The minimum Gasteiger partial charge on any atom is -0.321 e. The largest absolute Gasteiger partial charge is 0.322 e. The van der Waals surface area contributed by atoms with E-state index in [-0.39, 0.29) is 6.03 Å². The highest BCUT2D eigenvalue weighted by molar-refractivity contribution is 5.89. The average molecular weight is 347 g/mol. The maximum Gasteiger partial charge on any atom is 0.322 e. The SMILES string of the molecule is CC(C)[C@@H]1CCCCN1C(=O)Nc1cccc(C#Cc2ccccn2)c1. The summed E-state index contributed by atoms with van der Waals surface area (Å²) < 4.78 is 0. The van der Waals surface area contributed by atoms with Gasteiger partial charge in [-0.25, -0.2) is 9.78 Å². The first kappa shape index (κ1) is 18.0. The van der Waals surface area contributed by atoms with Crippen molar-refractivity contribution >= 4 is 11.7 Å². The first-order chi connectivity index (χ1) is 12.6. The zero-order chi connectivity index (χ0) is 18.4. The molecule has 1 aliphatic heterocycles. The van der Waals surface area contributed by atoms with Crippen LogP contribution in [0.2, 0.25) is 0 Å². The molecule has 0 saturated carbocycles. The van der Waals surface area contributed by atoms with Gasteiger partial charge in [0.1, 0.15) is 5.69 Å². The van der Waals surface area contributed by atoms with Gasteiger partial charge in [-0.2, -0.15) is 0 Å². The Bertz CT molecular complexity index is 805. The van der Waals surface area contributed by atoms with Gasteiger partial charge in [0.05, 0.1) is 0 Å². The number of nitrogens with zero attached hydrogens (tertiary/aromatic N) is 2. The van der Waals surface area contributed by atoms with Crippen LogP contribution in [0.4, 0.5) is 10.5 Å². The van der Waals surface area contributed by atoms with Crippen molar-refractivity contribution in [3.63, 3.8) is 0 Å². The minimum atomic E-state index is -0.0155. The average Bonchev–Trinajstić information content (AvgIpc) is 2.67. The van der Waals surface area contributed by atoms with Crippen molar-refractivity contribution in [2.45, 2.75) is 39.2 Å². The topological polar surface area (TPSA) is 45.2 Å². The summed E-state index contributed by atoms with van der Waals surface area (Å²) in [6.45, 7) is 5.20. The highest BCUT2D eigenvalue weighted by Gasteiger charge is 2.28. The molecule has 0 spiro atoms. The number of hydrogen-bond acceptors (Lipinski definition) is 2. The van der Waals surface area contributed by atoms with E-state index in [4.69, 9.17) is 0 Å². The number of pyridine rings is 1. The lowest BCUT2D eigenvalue weighted by Crippen LogP contribution is -2.48. The summed E-state index contributed by atoms with van der Waals surface area (Å²) in [4.78, 5) is 18.9. The Morgan fingerprint density at radius 1 is 1.19 bits per heavy atom. The molecule has 0 bridgehead atoms. The summed E-state index contributed by atoms with van der Waals surface area (Å²) in [7, 11) is 0. The van der Waals surface area contributed by atoms with E-state index < -0.39 is 0 Å². The Morgan fingerprint density at radius 2 is 2.08 bits per heavy atom. The van der Waals surface area contributed by atoms with Crippen LogP contribution in [0.15, 0.2) is 48.7 Å². The van der Waals surface area contributed by atoms with Crippen molar-refractivity contribution in [3.8, 4) is 11.8 Å². The number of nitrogens with one attached hydrogen (secondary N) is 1. The third-order valence-corrected chi connectivity index (χ3v) is 4.69. The van der Waals surface area contributed by atoms with Crippen LogP contribution >= 0.6 is 0 Å². The van der Waals surface area contributed by atoms with Gasteiger partial charge in [-0.05, 0) is 61.4 Å². The molecule has 3 rings (SSSR count). The minimum absolute atomic E-state index is 0.0155. The predicted octanol–water partition coefficient (Wildman–Crippen LogP) is 4.52. The fraction of sp³-hybridized carbons (Fsp3) is 0.364. The highest BCUT2D eigenvalue weighted by atomic mass is 16.2. The van der Waals surface area contributed by atoms with Crippen molar-refractivity contribution in [1.82, 2.24) is 9.88 Å². The maximum absolute atomic E-state index is 12.7. The van der Waals surface area contributed by atoms with Gasteiger partial charge >= 0.3 is 6.03 Å². The molecule has 1 aliphatic rings. The molecule has 0 radical (unpaired) electrons. The molecule has 26 heavy (non-hydrogen) atoms. The Labute approximate surface area is 155 Å². The molecule has 4 heteroatoms. The van der Waals surface area contributed by atoms with Crippen LogP contribution in [-0.4, -0.2) is 28.5 Å². The third kappa shape index (κ3) is 4.64. The molecule has 1 saturated heterocycles. The first-order valence-electron chi connectivity index (χ1n) is 9.24. The zero-order valence-electron chi connectivity index (χ0n) is 15.4. The van der Waals surface area contributed by atoms with Gasteiger partial charge in [0.2, 0.25) is 0 Å². The first-order valence-corrected chi connectivity index (χ1v) is 9.24. The molecular formula is C22H25N3O. The molecule has 134 valence electrons. The second-order valence-electron chi connectivity index (χ2n) is 6.98. The summed E-state index contributed by atoms with van der Waals surface area (Å²) in [6, 6.07) is 13.6. The number of hydrogen-bond donors (Lipinski definition) is 1. The smallest absolute Gasteiger partial charge is 0.321 e. The number of anilines is 1. The number of rotatable bonds is 2. The second-order valence-corrected chi connectivity index (χ2v) is 6.98. The van der Waals surface area contributed by atoms with Gasteiger partial charge in [-0.1, -0.05) is 31.9 Å². The van der Waals surface area contributed by atoms with Gasteiger partial charge < -0.3 is 10.2 Å². The van der Waals surface area contributed by atoms with Crippen molar-refractivity contribution < 1.29 is 4.79 Å². The Morgan fingerprint density at radius 3 is 2.85 bits per heavy atom. The maximum atomic E-state index is 12.7. The zero-order valence-corrected chi connectivity index (χ0v) is 15.4. The van der Waals surface area contributed by atoms with Crippen molar-refractivity contribution in [3.05, 3.63) is 59.9 Å². The van der Waals surface area contributed by atoms with Crippen LogP contribution in [0.1, 0.15) is 44.4 Å². The molecule has 0 unspecified atom stereocenters. The van der Waals surface area contributed by atoms with Gasteiger partial charge in [0.15, 0.2) is 0 Å². The molecule has 0 aliphatic carbocycles. The summed E-state index contributed by atoms with van der Waals surface area (Å²) >= 11 is 0. The number of amides is 2. The van der Waals surface area contributed by atoms with Gasteiger partial charge in [-0.15, -0.1) is 0 Å². The normalized spacial score (nSPS) is 16.7. The van der Waals surface area contributed by atoms with E-state index in [2.05, 4.69) is 36.0 Å². The van der Waals surface area contributed by atoms with Crippen LogP contribution in [0.5, 0.6) is 0 Å². The third-order valence-electron chi connectivity index (χ3n) is 4.69. The quantitative estimate of drug-likeness (QED) is 0.812. The number of piperidine rings is 1. The summed E-state index contributed by atoms with van der Waals surface area (Å²) in [5, 5.41) is 3.04. The highest BCUT2D eigenvalue weighted by Crippen LogP contribution is 2.24. The van der Waals surface area contributed by atoms with Crippen LogP contribution < -0.4 is 5.32 Å². The number of benzene rings is 1. The van der Waals surface area contributed by atoms with E-state index >= 15 is 0 Å². The lowest BCUT2D eigenvalue weighted by Gasteiger charge is -2.38. The van der Waals surface area contributed by atoms with Crippen LogP contribution in [0.3, 0.4) is 0 Å². The van der Waals surface area contributed by atoms with Crippen LogP contribution in [0, 0.1) is 17.8 Å². The standard InChI is InChI=1S/C22H25N3O/c1-17(2)21-11-4-6-15-25(21)22(26)24-20-10-7-8-18(16-20)12-13-19-9-3-5-14-23-19/h3,5,7-10,14,16-17,21H,4,6,11,15H2,1-2H3,(H,24,26)/t21-/m0/s1. The number of likely N-dealkylation sites (tertiary alicyclic amines) is 1. The van der Waals surface area contributed by atoms with Gasteiger partial charge in [-0.3, -0.25) is 0 Å². The van der Waals surface area contributed by atoms with E-state index in [1.807, 2.05) is 47.4 Å². The van der Waals surface area contributed by atoms with E-state index in [0.29, 0.717) is 12.0 Å². The number of urea groups is 1. The van der Waals surface area contributed by atoms with Crippen molar-refractivity contribution in [2.75, 3.05) is 11.9 Å². The Balaban J connectivity index is 1.70. The van der Waals surface area contributed by atoms with Crippen LogP contribution in [-0.2, 0) is 0 Å². The van der Waals surface area contributed by atoms with Gasteiger partial charge in [0, 0.05) is 30.0 Å². The molecule has 1 fully saturated rings. The van der Waals surface area contributed by atoms with E-state index in [1.54, 1.807) is 6.20 Å². The lowest BCUT2D eigenvalue weighted by atomic mass is 9.93. The summed E-state index contributed by atoms with van der Waals surface area (Å²) in [5.41, 5.74) is 2.36. The van der Waals surface area contributed by atoms with E-state index in [9.17, 15) is 4.79 Å². The molecular weight excluding hydrogens is 322 g/mol. The summed E-state index contributed by atoms with van der Waals surface area (Å²) in [6.07, 6.45) is 5.09. The fourth-order valence-electron chi connectivity index (χ4n) is 3.35. The van der Waals surface area contributed by atoms with E-state index in [0.717, 1.165) is 36.3 Å². The molecule has 1 N–H and O–H groups in total. The van der Waals surface area contributed by atoms with Crippen molar-refractivity contribution in [2.24, 2.45) is 5.92 Å². The number of carbonyl (C=O) groups is 1. The number of aromatic nitrogens is 1. The fourth-order valence-corrected chi connectivity index (χ4v) is 3.35. The second kappa shape index (κ2) is 8.53. The van der Waals surface area contributed by atoms with Crippen molar-refractivity contribution in [1.29, 1.82) is 0 Å². The lowest BCUT2D eigenvalue weighted by molar-refractivity contribution is 0.138. The molecule has 4 nitrogen and oxygen atoms in total. The van der Waals surface area contributed by atoms with Crippen LogP contribution in [0.25, 0.3) is 0 Å². The molecule has 2 amide bonds. The number of carbonyl (C=O) groups excluding carboxylic acids is 1. The molecule has 1 atom stereocenters.